The van der Waals surface area contributed by atoms with Crippen molar-refractivity contribution in [3.8, 4) is 11.3 Å². The number of hydrogen-bond donors (Lipinski definition) is 0. The van der Waals surface area contributed by atoms with Crippen molar-refractivity contribution in [3.63, 3.8) is 0 Å². The summed E-state index contributed by atoms with van der Waals surface area (Å²) in [5.41, 5.74) is 7.00. The van der Waals surface area contributed by atoms with Crippen molar-refractivity contribution >= 4 is 5.91 Å². The molecule has 0 saturated carbocycles. The van der Waals surface area contributed by atoms with E-state index in [1.807, 2.05) is 17.0 Å². The summed E-state index contributed by atoms with van der Waals surface area (Å²) in [5.74, 6) is -0.227. The molecule has 1 amide bonds. The van der Waals surface area contributed by atoms with Crippen molar-refractivity contribution < 1.29 is 13.9 Å². The number of hydrogen-bond acceptors (Lipinski definition) is 4. The summed E-state index contributed by atoms with van der Waals surface area (Å²) in [4.78, 5) is 15.0. The summed E-state index contributed by atoms with van der Waals surface area (Å²) in [7, 11) is 1.78. The highest BCUT2D eigenvalue weighted by atomic mass is 19.1. The minimum atomic E-state index is -0.281. The number of benzene rings is 2. The molecule has 2 aromatic carbocycles. The van der Waals surface area contributed by atoms with Gasteiger partial charge in [0.15, 0.2) is 0 Å². The second kappa shape index (κ2) is 8.13. The van der Waals surface area contributed by atoms with E-state index in [9.17, 15) is 9.18 Å². The highest BCUT2D eigenvalue weighted by Gasteiger charge is 2.32. The molecule has 0 bridgehead atoms. The van der Waals surface area contributed by atoms with Gasteiger partial charge in [0.2, 0.25) is 0 Å². The van der Waals surface area contributed by atoms with Crippen molar-refractivity contribution in [2.45, 2.75) is 45.8 Å². The van der Waals surface area contributed by atoms with Crippen LogP contribution in [0.2, 0.25) is 0 Å². The van der Waals surface area contributed by atoms with Gasteiger partial charge in [-0.1, -0.05) is 17.3 Å². The van der Waals surface area contributed by atoms with Gasteiger partial charge in [0.05, 0.1) is 12.3 Å². The fraction of sp³-hybridized carbons (Fsp3) is 0.400. The van der Waals surface area contributed by atoms with E-state index in [1.165, 1.54) is 6.07 Å². The average molecular weight is 435 g/mol. The molecule has 0 N–H and O–H groups in total. The standard InChI is InChI=1S/C25H27FN4O2/c1-15-16(2)22-13-30(12-20-5-4-8-32-20)25(31)21(22)10-19(15)9-17-6-7-18(11-23(17)26)24-14-29(3)28-27-24/h6-7,10-11,14,20H,4-5,8-9,12-13H2,1-3H3. The van der Waals surface area contributed by atoms with Crippen molar-refractivity contribution in [2.75, 3.05) is 13.2 Å². The summed E-state index contributed by atoms with van der Waals surface area (Å²) in [6.07, 6.45) is 4.40. The number of carbonyl (C=O) groups is 1. The first kappa shape index (κ1) is 20.8. The SMILES string of the molecule is Cc1c(Cc2ccc(-c3cn(C)nn3)cc2F)cc2c(c1C)CN(CC1CCCO1)C2=O. The highest BCUT2D eigenvalue weighted by molar-refractivity contribution is 5.99. The molecule has 1 unspecified atom stereocenters. The minimum Gasteiger partial charge on any atom is -0.376 e. The van der Waals surface area contributed by atoms with Crippen LogP contribution in [0.25, 0.3) is 11.3 Å². The maximum atomic E-state index is 15.0. The van der Waals surface area contributed by atoms with Crippen molar-refractivity contribution in [1.29, 1.82) is 0 Å². The van der Waals surface area contributed by atoms with Gasteiger partial charge in [-0.15, -0.1) is 5.10 Å². The van der Waals surface area contributed by atoms with E-state index in [2.05, 4.69) is 24.2 Å². The van der Waals surface area contributed by atoms with Gasteiger partial charge in [0.1, 0.15) is 11.5 Å². The Morgan fingerprint density at radius 3 is 2.72 bits per heavy atom. The van der Waals surface area contributed by atoms with Crippen molar-refractivity contribution in [1.82, 2.24) is 19.9 Å². The Hall–Kier alpha value is -3.06. The molecule has 32 heavy (non-hydrogen) atoms. The number of nitrogens with zero attached hydrogens (tertiary/aromatic N) is 4. The van der Waals surface area contributed by atoms with Crippen LogP contribution in [0.15, 0.2) is 30.5 Å². The lowest BCUT2D eigenvalue weighted by Gasteiger charge is -2.19. The van der Waals surface area contributed by atoms with Gasteiger partial charge < -0.3 is 9.64 Å². The first-order valence-electron chi connectivity index (χ1n) is 11.1. The van der Waals surface area contributed by atoms with Gasteiger partial charge in [-0.25, -0.2) is 4.39 Å². The third kappa shape index (κ3) is 3.71. The molecule has 3 aromatic rings. The Kier molecular flexibility index (Phi) is 5.29. The molecule has 3 heterocycles. The maximum absolute atomic E-state index is 15.0. The van der Waals surface area contributed by atoms with Crippen LogP contribution >= 0.6 is 0 Å². The van der Waals surface area contributed by atoms with E-state index in [0.717, 1.165) is 47.3 Å². The van der Waals surface area contributed by atoms with Crippen LogP contribution in [0.3, 0.4) is 0 Å². The number of aryl methyl sites for hydroxylation is 1. The van der Waals surface area contributed by atoms with E-state index in [1.54, 1.807) is 24.0 Å². The van der Waals surface area contributed by atoms with E-state index in [0.29, 0.717) is 36.3 Å². The zero-order valence-corrected chi connectivity index (χ0v) is 18.7. The summed E-state index contributed by atoms with van der Waals surface area (Å²) >= 11 is 0. The number of fused-ring (bicyclic) bond motifs is 1. The number of ether oxygens (including phenoxy) is 1. The monoisotopic (exact) mass is 434 g/mol. The average Bonchev–Trinajstić information content (AvgIpc) is 3.50. The normalized spacial score (nSPS) is 17.9. The molecule has 0 spiro atoms. The lowest BCUT2D eigenvalue weighted by molar-refractivity contribution is 0.0545. The van der Waals surface area contributed by atoms with E-state index in [4.69, 9.17) is 4.74 Å². The topological polar surface area (TPSA) is 60.3 Å². The van der Waals surface area contributed by atoms with Crippen LogP contribution < -0.4 is 0 Å². The largest absolute Gasteiger partial charge is 0.376 e. The van der Waals surface area contributed by atoms with Crippen molar-refractivity contribution in [3.05, 3.63) is 69.7 Å². The third-order valence-corrected chi connectivity index (χ3v) is 6.79. The summed E-state index contributed by atoms with van der Waals surface area (Å²) in [6.45, 7) is 6.17. The lowest BCUT2D eigenvalue weighted by Crippen LogP contribution is -2.32. The van der Waals surface area contributed by atoms with Crippen molar-refractivity contribution in [2.24, 2.45) is 7.05 Å². The van der Waals surface area contributed by atoms with Crippen LogP contribution in [0.5, 0.6) is 0 Å². The Bertz CT molecular complexity index is 1200. The Morgan fingerprint density at radius 1 is 1.19 bits per heavy atom. The van der Waals surface area contributed by atoms with Crippen LogP contribution in [0.1, 0.15) is 51.0 Å². The fourth-order valence-corrected chi connectivity index (χ4v) is 4.77. The van der Waals surface area contributed by atoms with E-state index < -0.39 is 0 Å². The predicted molar refractivity (Wildman–Crippen MR) is 119 cm³/mol. The smallest absolute Gasteiger partial charge is 0.254 e. The lowest BCUT2D eigenvalue weighted by atomic mass is 9.91. The molecular weight excluding hydrogens is 407 g/mol. The fourth-order valence-electron chi connectivity index (χ4n) is 4.77. The number of aromatic nitrogens is 3. The summed E-state index contributed by atoms with van der Waals surface area (Å²) in [6, 6.07) is 7.13. The van der Waals surface area contributed by atoms with Gasteiger partial charge in [0.25, 0.3) is 5.91 Å². The minimum absolute atomic E-state index is 0.0540. The molecule has 1 aromatic heterocycles. The molecule has 0 aliphatic carbocycles. The molecule has 6 nitrogen and oxygen atoms in total. The molecule has 1 saturated heterocycles. The molecule has 7 heteroatoms. The zero-order valence-electron chi connectivity index (χ0n) is 18.7. The number of carbonyl (C=O) groups excluding carboxylic acids is 1. The number of rotatable bonds is 5. The van der Waals surface area contributed by atoms with E-state index >= 15 is 0 Å². The molecule has 5 rings (SSSR count). The Labute approximate surface area is 187 Å². The van der Waals surface area contributed by atoms with Crippen LogP contribution in [-0.2, 0) is 24.8 Å². The van der Waals surface area contributed by atoms with Crippen LogP contribution in [0.4, 0.5) is 4.39 Å². The quantitative estimate of drug-likeness (QED) is 0.610. The first-order valence-corrected chi connectivity index (χ1v) is 11.1. The molecule has 0 radical (unpaired) electrons. The molecular formula is C25H27FN4O2. The molecule has 166 valence electrons. The molecule has 1 atom stereocenters. The second-order valence-corrected chi connectivity index (χ2v) is 8.89. The number of amides is 1. The zero-order chi connectivity index (χ0) is 22.4. The van der Waals surface area contributed by atoms with E-state index in [-0.39, 0.29) is 17.8 Å². The van der Waals surface area contributed by atoms with Gasteiger partial charge in [-0.05, 0) is 66.6 Å². The maximum Gasteiger partial charge on any atom is 0.254 e. The second-order valence-electron chi connectivity index (χ2n) is 8.89. The molecule has 1 fully saturated rings. The van der Waals surface area contributed by atoms with Gasteiger partial charge in [0, 0.05) is 44.3 Å². The predicted octanol–water partition coefficient (Wildman–Crippen LogP) is 3.96. The Balaban J connectivity index is 1.40. The van der Waals surface area contributed by atoms with Crippen LogP contribution in [0, 0.1) is 19.7 Å². The first-order chi connectivity index (χ1) is 15.4. The van der Waals surface area contributed by atoms with Gasteiger partial charge in [-0.2, -0.15) is 0 Å². The number of halogens is 1. The summed E-state index contributed by atoms with van der Waals surface area (Å²) < 4.78 is 22.3. The third-order valence-electron chi connectivity index (χ3n) is 6.79. The van der Waals surface area contributed by atoms with Gasteiger partial charge >= 0.3 is 0 Å². The molecule has 2 aliphatic heterocycles. The van der Waals surface area contributed by atoms with Crippen LogP contribution in [-0.4, -0.2) is 45.1 Å². The highest BCUT2D eigenvalue weighted by Crippen LogP contribution is 2.32. The molecule has 2 aliphatic rings. The summed E-state index contributed by atoms with van der Waals surface area (Å²) in [5, 5.41) is 7.97. The Morgan fingerprint density at radius 2 is 2.03 bits per heavy atom. The van der Waals surface area contributed by atoms with Gasteiger partial charge in [-0.3, -0.25) is 9.48 Å².